The standard InChI is InChI=1S/C12H12N2OS/c1-9-10(5-7-16-9)8-12(15)14-11-4-2-3-6-13-11/h2-7H,8H2,1H3,(H,13,14,15). The molecule has 0 aliphatic heterocycles. The molecule has 0 atom stereocenters. The Morgan fingerprint density at radius 2 is 2.31 bits per heavy atom. The predicted octanol–water partition coefficient (Wildman–Crippen LogP) is 2.63. The van der Waals surface area contributed by atoms with Gasteiger partial charge in [-0.15, -0.1) is 11.3 Å². The second-order valence-corrected chi connectivity index (χ2v) is 4.56. The Labute approximate surface area is 98.2 Å². The Hall–Kier alpha value is -1.68. The van der Waals surface area contributed by atoms with Gasteiger partial charge in [0.25, 0.3) is 0 Å². The molecule has 82 valence electrons. The number of aryl methyl sites for hydroxylation is 1. The minimum Gasteiger partial charge on any atom is -0.310 e. The normalized spacial score (nSPS) is 10.1. The third-order valence-corrected chi connectivity index (χ3v) is 3.14. The first kappa shape index (κ1) is 10.8. The third kappa shape index (κ3) is 2.67. The maximum Gasteiger partial charge on any atom is 0.229 e. The van der Waals surface area contributed by atoms with Crippen LogP contribution >= 0.6 is 11.3 Å². The average Bonchev–Trinajstić information content (AvgIpc) is 2.66. The first-order valence-electron chi connectivity index (χ1n) is 4.99. The van der Waals surface area contributed by atoms with Crippen LogP contribution in [0.25, 0.3) is 0 Å². The quantitative estimate of drug-likeness (QED) is 0.884. The summed E-state index contributed by atoms with van der Waals surface area (Å²) in [7, 11) is 0. The zero-order valence-electron chi connectivity index (χ0n) is 8.93. The number of carbonyl (C=O) groups is 1. The van der Waals surface area contributed by atoms with Gasteiger partial charge in [0.15, 0.2) is 0 Å². The Kier molecular flexibility index (Phi) is 3.31. The molecule has 1 amide bonds. The second kappa shape index (κ2) is 4.90. The molecule has 0 saturated heterocycles. The van der Waals surface area contributed by atoms with E-state index < -0.39 is 0 Å². The van der Waals surface area contributed by atoms with Gasteiger partial charge in [-0.3, -0.25) is 4.79 Å². The minimum absolute atomic E-state index is 0.0276. The molecule has 0 spiro atoms. The highest BCUT2D eigenvalue weighted by atomic mass is 32.1. The Bertz CT molecular complexity index is 479. The van der Waals surface area contributed by atoms with Crippen molar-refractivity contribution in [2.24, 2.45) is 0 Å². The van der Waals surface area contributed by atoms with Gasteiger partial charge in [-0.25, -0.2) is 4.98 Å². The summed E-state index contributed by atoms with van der Waals surface area (Å²) in [5, 5.41) is 4.76. The lowest BCUT2D eigenvalue weighted by Gasteiger charge is -2.03. The van der Waals surface area contributed by atoms with E-state index in [1.54, 1.807) is 23.6 Å². The summed E-state index contributed by atoms with van der Waals surface area (Å²) >= 11 is 1.66. The molecule has 0 bridgehead atoms. The molecule has 2 aromatic rings. The van der Waals surface area contributed by atoms with Gasteiger partial charge in [0, 0.05) is 11.1 Å². The molecular weight excluding hydrogens is 220 g/mol. The molecule has 2 heterocycles. The van der Waals surface area contributed by atoms with Crippen LogP contribution in [0.5, 0.6) is 0 Å². The second-order valence-electron chi connectivity index (χ2n) is 3.44. The van der Waals surface area contributed by atoms with Crippen molar-refractivity contribution in [2.45, 2.75) is 13.3 Å². The number of aromatic nitrogens is 1. The number of nitrogens with one attached hydrogen (secondary N) is 1. The van der Waals surface area contributed by atoms with Crippen LogP contribution in [0.4, 0.5) is 5.82 Å². The van der Waals surface area contributed by atoms with Crippen molar-refractivity contribution in [3.05, 3.63) is 46.3 Å². The zero-order chi connectivity index (χ0) is 11.4. The number of thiophene rings is 1. The summed E-state index contributed by atoms with van der Waals surface area (Å²) in [6.07, 6.45) is 2.07. The number of hydrogen-bond acceptors (Lipinski definition) is 3. The molecule has 16 heavy (non-hydrogen) atoms. The highest BCUT2D eigenvalue weighted by molar-refractivity contribution is 7.10. The van der Waals surface area contributed by atoms with Gasteiger partial charge in [-0.1, -0.05) is 6.07 Å². The minimum atomic E-state index is -0.0276. The van der Waals surface area contributed by atoms with E-state index in [0.717, 1.165) is 5.56 Å². The topological polar surface area (TPSA) is 42.0 Å². The first-order chi connectivity index (χ1) is 7.75. The van der Waals surface area contributed by atoms with Gasteiger partial charge >= 0.3 is 0 Å². The van der Waals surface area contributed by atoms with Crippen molar-refractivity contribution in [3.8, 4) is 0 Å². The molecule has 4 heteroatoms. The van der Waals surface area contributed by atoms with Gasteiger partial charge in [-0.2, -0.15) is 0 Å². The molecule has 1 N–H and O–H groups in total. The van der Waals surface area contributed by atoms with Crippen LogP contribution in [0.3, 0.4) is 0 Å². The fourth-order valence-corrected chi connectivity index (χ4v) is 2.12. The lowest BCUT2D eigenvalue weighted by molar-refractivity contribution is -0.115. The number of pyridine rings is 1. The number of amides is 1. The molecule has 0 radical (unpaired) electrons. The molecular formula is C12H12N2OS. The number of hydrogen-bond donors (Lipinski definition) is 1. The summed E-state index contributed by atoms with van der Waals surface area (Å²) < 4.78 is 0. The van der Waals surface area contributed by atoms with Gasteiger partial charge in [-0.05, 0) is 36.1 Å². The van der Waals surface area contributed by atoms with E-state index in [-0.39, 0.29) is 5.91 Å². The van der Waals surface area contributed by atoms with E-state index in [2.05, 4.69) is 10.3 Å². The largest absolute Gasteiger partial charge is 0.310 e. The molecule has 0 fully saturated rings. The molecule has 0 saturated carbocycles. The molecule has 0 aliphatic rings. The number of rotatable bonds is 3. The Morgan fingerprint density at radius 1 is 1.44 bits per heavy atom. The molecule has 0 unspecified atom stereocenters. The fourth-order valence-electron chi connectivity index (χ4n) is 1.39. The smallest absolute Gasteiger partial charge is 0.229 e. The van der Waals surface area contributed by atoms with Crippen LogP contribution in [-0.4, -0.2) is 10.9 Å². The summed E-state index contributed by atoms with van der Waals surface area (Å²) in [6, 6.07) is 7.42. The average molecular weight is 232 g/mol. The summed E-state index contributed by atoms with van der Waals surface area (Å²) in [5.74, 6) is 0.570. The van der Waals surface area contributed by atoms with E-state index in [1.165, 1.54) is 4.88 Å². The van der Waals surface area contributed by atoms with Crippen LogP contribution < -0.4 is 5.32 Å². The molecule has 2 aromatic heterocycles. The van der Waals surface area contributed by atoms with E-state index in [1.807, 2.05) is 30.5 Å². The lowest BCUT2D eigenvalue weighted by atomic mass is 10.2. The van der Waals surface area contributed by atoms with Crippen LogP contribution in [0.2, 0.25) is 0 Å². The van der Waals surface area contributed by atoms with Crippen molar-refractivity contribution in [1.29, 1.82) is 0 Å². The van der Waals surface area contributed by atoms with E-state index >= 15 is 0 Å². The molecule has 0 aliphatic carbocycles. The van der Waals surface area contributed by atoms with E-state index in [0.29, 0.717) is 12.2 Å². The van der Waals surface area contributed by atoms with Crippen molar-refractivity contribution in [2.75, 3.05) is 5.32 Å². The van der Waals surface area contributed by atoms with E-state index in [9.17, 15) is 4.79 Å². The molecule has 2 rings (SSSR count). The van der Waals surface area contributed by atoms with Crippen LogP contribution in [0.15, 0.2) is 35.8 Å². The lowest BCUT2D eigenvalue weighted by Crippen LogP contribution is -2.15. The third-order valence-electron chi connectivity index (χ3n) is 2.25. The predicted molar refractivity (Wildman–Crippen MR) is 65.6 cm³/mol. The van der Waals surface area contributed by atoms with Crippen LogP contribution in [0.1, 0.15) is 10.4 Å². The monoisotopic (exact) mass is 232 g/mol. The van der Waals surface area contributed by atoms with Gasteiger partial charge in [0.05, 0.1) is 6.42 Å². The SMILES string of the molecule is Cc1sccc1CC(=O)Nc1ccccn1. The van der Waals surface area contributed by atoms with Gasteiger partial charge in [0.1, 0.15) is 5.82 Å². The summed E-state index contributed by atoms with van der Waals surface area (Å²) in [6.45, 7) is 2.02. The maximum atomic E-state index is 11.7. The van der Waals surface area contributed by atoms with Gasteiger partial charge < -0.3 is 5.32 Å². The number of anilines is 1. The number of nitrogens with zero attached hydrogens (tertiary/aromatic N) is 1. The highest BCUT2D eigenvalue weighted by Gasteiger charge is 2.07. The summed E-state index contributed by atoms with van der Waals surface area (Å²) in [5.41, 5.74) is 1.08. The van der Waals surface area contributed by atoms with Gasteiger partial charge in [0.2, 0.25) is 5.91 Å². The van der Waals surface area contributed by atoms with Crippen LogP contribution in [0, 0.1) is 6.92 Å². The Morgan fingerprint density at radius 3 is 2.94 bits per heavy atom. The van der Waals surface area contributed by atoms with Crippen molar-refractivity contribution < 1.29 is 4.79 Å². The molecule has 3 nitrogen and oxygen atoms in total. The zero-order valence-corrected chi connectivity index (χ0v) is 9.75. The van der Waals surface area contributed by atoms with Crippen molar-refractivity contribution in [3.63, 3.8) is 0 Å². The highest BCUT2D eigenvalue weighted by Crippen LogP contribution is 2.15. The fraction of sp³-hybridized carbons (Fsp3) is 0.167. The molecule has 0 aromatic carbocycles. The Balaban J connectivity index is 1.98. The summed E-state index contributed by atoms with van der Waals surface area (Å²) in [4.78, 5) is 16.9. The van der Waals surface area contributed by atoms with Crippen LogP contribution in [-0.2, 0) is 11.2 Å². The van der Waals surface area contributed by atoms with Crippen molar-refractivity contribution in [1.82, 2.24) is 4.98 Å². The first-order valence-corrected chi connectivity index (χ1v) is 5.87. The maximum absolute atomic E-state index is 11.7. The van der Waals surface area contributed by atoms with E-state index in [4.69, 9.17) is 0 Å². The number of carbonyl (C=O) groups excluding carboxylic acids is 1. The van der Waals surface area contributed by atoms with Crippen molar-refractivity contribution >= 4 is 23.1 Å².